The average Bonchev–Trinajstić information content (AvgIpc) is 2.63. The highest BCUT2D eigenvalue weighted by molar-refractivity contribution is 6.08. The Balaban J connectivity index is 1.85. The van der Waals surface area contributed by atoms with E-state index in [0.717, 1.165) is 0 Å². The smallest absolute Gasteiger partial charge is 0.338 e. The van der Waals surface area contributed by atoms with Gasteiger partial charge in [-0.05, 0) is 55.5 Å². The first-order chi connectivity index (χ1) is 12.5. The third-order valence-corrected chi connectivity index (χ3v) is 3.37. The highest BCUT2D eigenvalue weighted by Crippen LogP contribution is 2.15. The largest absolute Gasteiger partial charge is 0.497 e. The lowest BCUT2D eigenvalue weighted by Gasteiger charge is -2.08. The van der Waals surface area contributed by atoms with Crippen LogP contribution in [0.2, 0.25) is 0 Å². The molecular formula is C19H20N2O5. The van der Waals surface area contributed by atoms with Crippen molar-refractivity contribution in [2.75, 3.05) is 24.4 Å². The molecule has 2 rings (SSSR count). The van der Waals surface area contributed by atoms with Gasteiger partial charge in [0, 0.05) is 11.4 Å². The van der Waals surface area contributed by atoms with E-state index in [-0.39, 0.29) is 6.42 Å². The Hall–Kier alpha value is -3.35. The van der Waals surface area contributed by atoms with E-state index in [1.54, 1.807) is 62.6 Å². The van der Waals surface area contributed by atoms with Gasteiger partial charge in [0.25, 0.3) is 0 Å². The van der Waals surface area contributed by atoms with Gasteiger partial charge in [-0.1, -0.05) is 0 Å². The number of nitrogens with one attached hydrogen (secondary N) is 2. The Morgan fingerprint density at radius 2 is 1.35 bits per heavy atom. The zero-order chi connectivity index (χ0) is 18.9. The number of carbonyl (C=O) groups is 3. The van der Waals surface area contributed by atoms with Crippen molar-refractivity contribution in [2.24, 2.45) is 0 Å². The van der Waals surface area contributed by atoms with Gasteiger partial charge in [-0.25, -0.2) is 4.79 Å². The van der Waals surface area contributed by atoms with Gasteiger partial charge in [0.05, 0.1) is 19.3 Å². The van der Waals surface area contributed by atoms with E-state index in [9.17, 15) is 14.4 Å². The molecule has 2 N–H and O–H groups in total. The number of anilines is 2. The molecule has 0 spiro atoms. The summed E-state index contributed by atoms with van der Waals surface area (Å²) in [7, 11) is 1.55. The number of hydrogen-bond donors (Lipinski definition) is 2. The van der Waals surface area contributed by atoms with Crippen LogP contribution in [0.3, 0.4) is 0 Å². The van der Waals surface area contributed by atoms with Crippen molar-refractivity contribution < 1.29 is 23.9 Å². The van der Waals surface area contributed by atoms with E-state index in [4.69, 9.17) is 9.47 Å². The molecule has 0 heterocycles. The fraction of sp³-hybridized carbons (Fsp3) is 0.211. The molecule has 0 aliphatic rings. The molecule has 0 atom stereocenters. The summed E-state index contributed by atoms with van der Waals surface area (Å²) < 4.78 is 9.92. The highest BCUT2D eigenvalue weighted by atomic mass is 16.5. The van der Waals surface area contributed by atoms with Crippen molar-refractivity contribution in [1.82, 2.24) is 0 Å². The molecule has 26 heavy (non-hydrogen) atoms. The predicted octanol–water partition coefficient (Wildman–Crippen LogP) is 2.84. The van der Waals surface area contributed by atoms with Crippen LogP contribution >= 0.6 is 0 Å². The minimum Gasteiger partial charge on any atom is -0.497 e. The minimum atomic E-state index is -0.458. The molecule has 0 saturated heterocycles. The lowest BCUT2D eigenvalue weighted by Crippen LogP contribution is -2.21. The normalized spacial score (nSPS) is 9.92. The number of methoxy groups -OCH3 is 1. The van der Waals surface area contributed by atoms with Gasteiger partial charge >= 0.3 is 5.97 Å². The van der Waals surface area contributed by atoms with Crippen LogP contribution in [0, 0.1) is 0 Å². The summed E-state index contributed by atoms with van der Waals surface area (Å²) in [4.78, 5) is 35.4. The van der Waals surface area contributed by atoms with Crippen LogP contribution < -0.4 is 15.4 Å². The Labute approximate surface area is 151 Å². The molecule has 0 aliphatic heterocycles. The molecule has 2 aromatic carbocycles. The third-order valence-electron chi connectivity index (χ3n) is 3.37. The van der Waals surface area contributed by atoms with Crippen molar-refractivity contribution in [3.8, 4) is 5.75 Å². The minimum absolute atomic E-state index is 0.292. The average molecular weight is 356 g/mol. The van der Waals surface area contributed by atoms with Crippen LogP contribution in [0.5, 0.6) is 5.75 Å². The second kappa shape index (κ2) is 9.22. The summed E-state index contributed by atoms with van der Waals surface area (Å²) in [6.07, 6.45) is -0.328. The number of benzene rings is 2. The van der Waals surface area contributed by atoms with Crippen molar-refractivity contribution >= 4 is 29.2 Å². The monoisotopic (exact) mass is 356 g/mol. The first kappa shape index (κ1) is 19.0. The first-order valence-corrected chi connectivity index (χ1v) is 8.02. The van der Waals surface area contributed by atoms with Gasteiger partial charge in [-0.3, -0.25) is 9.59 Å². The summed E-state index contributed by atoms with van der Waals surface area (Å²) in [5, 5.41) is 5.23. The Kier molecular flexibility index (Phi) is 6.73. The van der Waals surface area contributed by atoms with Crippen LogP contribution in [-0.2, 0) is 14.3 Å². The zero-order valence-electron chi connectivity index (χ0n) is 14.6. The molecule has 0 radical (unpaired) electrons. The molecule has 7 nitrogen and oxygen atoms in total. The maximum atomic E-state index is 12.0. The molecule has 0 bridgehead atoms. The zero-order valence-corrected chi connectivity index (χ0v) is 14.6. The quantitative estimate of drug-likeness (QED) is 0.588. The maximum Gasteiger partial charge on any atom is 0.338 e. The standard InChI is InChI=1S/C19H20N2O5/c1-3-26-19(24)13-4-6-14(7-5-13)20-17(22)12-18(23)21-15-8-10-16(25-2)11-9-15/h4-11H,3,12H2,1-2H3,(H,20,22)(H,21,23). The summed E-state index contributed by atoms with van der Waals surface area (Å²) in [6, 6.07) is 13.0. The third kappa shape index (κ3) is 5.62. The van der Waals surface area contributed by atoms with Gasteiger partial charge in [-0.15, -0.1) is 0 Å². The van der Waals surface area contributed by atoms with Crippen LogP contribution in [0.25, 0.3) is 0 Å². The molecule has 0 aliphatic carbocycles. The van der Waals surface area contributed by atoms with Gasteiger partial charge < -0.3 is 20.1 Å². The molecular weight excluding hydrogens is 336 g/mol. The van der Waals surface area contributed by atoms with E-state index >= 15 is 0 Å². The number of esters is 1. The summed E-state index contributed by atoms with van der Waals surface area (Å²) in [5.41, 5.74) is 1.45. The topological polar surface area (TPSA) is 93.7 Å². The summed E-state index contributed by atoms with van der Waals surface area (Å²) >= 11 is 0. The van der Waals surface area contributed by atoms with Crippen LogP contribution in [0.1, 0.15) is 23.7 Å². The van der Waals surface area contributed by atoms with Crippen molar-refractivity contribution in [1.29, 1.82) is 0 Å². The summed E-state index contributed by atoms with van der Waals surface area (Å²) in [6.45, 7) is 2.02. The molecule has 0 unspecified atom stereocenters. The van der Waals surface area contributed by atoms with Gasteiger partial charge in [0.15, 0.2) is 0 Å². The predicted molar refractivity (Wildman–Crippen MR) is 97.3 cm³/mol. The lowest BCUT2D eigenvalue weighted by atomic mass is 10.2. The Morgan fingerprint density at radius 1 is 0.846 bits per heavy atom. The van der Waals surface area contributed by atoms with Crippen molar-refractivity contribution in [2.45, 2.75) is 13.3 Å². The van der Waals surface area contributed by atoms with E-state index in [1.165, 1.54) is 0 Å². The number of ether oxygens (including phenoxy) is 2. The second-order valence-electron chi connectivity index (χ2n) is 5.30. The second-order valence-corrected chi connectivity index (χ2v) is 5.30. The molecule has 0 saturated carbocycles. The molecule has 7 heteroatoms. The maximum absolute atomic E-state index is 12.0. The molecule has 2 amide bonds. The number of carbonyl (C=O) groups excluding carboxylic acids is 3. The lowest BCUT2D eigenvalue weighted by molar-refractivity contribution is -0.123. The number of rotatable bonds is 7. The van der Waals surface area contributed by atoms with Crippen LogP contribution in [0.15, 0.2) is 48.5 Å². The first-order valence-electron chi connectivity index (χ1n) is 8.02. The van der Waals surface area contributed by atoms with Gasteiger partial charge in [-0.2, -0.15) is 0 Å². The van der Waals surface area contributed by atoms with E-state index in [0.29, 0.717) is 29.3 Å². The van der Waals surface area contributed by atoms with E-state index in [1.807, 2.05) is 0 Å². The molecule has 2 aromatic rings. The van der Waals surface area contributed by atoms with Crippen LogP contribution in [0.4, 0.5) is 11.4 Å². The number of amides is 2. The molecule has 0 fully saturated rings. The van der Waals surface area contributed by atoms with Crippen LogP contribution in [-0.4, -0.2) is 31.5 Å². The highest BCUT2D eigenvalue weighted by Gasteiger charge is 2.11. The Bertz CT molecular complexity index is 770. The van der Waals surface area contributed by atoms with Gasteiger partial charge in [0.2, 0.25) is 11.8 Å². The SMILES string of the molecule is CCOC(=O)c1ccc(NC(=O)CC(=O)Nc2ccc(OC)cc2)cc1. The Morgan fingerprint density at radius 3 is 1.81 bits per heavy atom. The number of hydrogen-bond acceptors (Lipinski definition) is 5. The fourth-order valence-electron chi connectivity index (χ4n) is 2.13. The molecule has 136 valence electrons. The van der Waals surface area contributed by atoms with Crippen molar-refractivity contribution in [3.63, 3.8) is 0 Å². The van der Waals surface area contributed by atoms with E-state index < -0.39 is 17.8 Å². The fourth-order valence-corrected chi connectivity index (χ4v) is 2.13. The summed E-state index contributed by atoms with van der Waals surface area (Å²) in [5.74, 6) is -0.646. The van der Waals surface area contributed by atoms with E-state index in [2.05, 4.69) is 10.6 Å². The van der Waals surface area contributed by atoms with Crippen molar-refractivity contribution in [3.05, 3.63) is 54.1 Å². The van der Waals surface area contributed by atoms with Gasteiger partial charge in [0.1, 0.15) is 12.2 Å². The molecule has 0 aromatic heterocycles.